The number of aliphatic imine (C=N–C) groups is 1. The summed E-state index contributed by atoms with van der Waals surface area (Å²) in [6, 6.07) is 5.79. The van der Waals surface area contributed by atoms with E-state index < -0.39 is 5.82 Å². The molecule has 0 saturated heterocycles. The predicted molar refractivity (Wildman–Crippen MR) is 81.5 cm³/mol. The van der Waals surface area contributed by atoms with Crippen LogP contribution >= 0.6 is 15.9 Å². The highest BCUT2D eigenvalue weighted by Crippen LogP contribution is 2.24. The zero-order valence-electron chi connectivity index (χ0n) is 11.3. The van der Waals surface area contributed by atoms with Crippen LogP contribution in [0.2, 0.25) is 0 Å². The average molecular weight is 382 g/mol. The number of hydrogen-bond acceptors (Lipinski definition) is 7. The van der Waals surface area contributed by atoms with Gasteiger partial charge in [-0.25, -0.2) is 14.0 Å². The fraction of sp³-hybridized carbons (Fsp3) is 0. The number of halogens is 2. The molecule has 0 amide bonds. The van der Waals surface area contributed by atoms with Crippen molar-refractivity contribution in [3.63, 3.8) is 0 Å². The highest BCUT2D eigenvalue weighted by molar-refractivity contribution is 9.10. The van der Waals surface area contributed by atoms with Gasteiger partial charge in [0.05, 0.1) is 22.1 Å². The summed E-state index contributed by atoms with van der Waals surface area (Å²) in [5.41, 5.74) is 3.05. The van der Waals surface area contributed by atoms with E-state index in [0.29, 0.717) is 11.4 Å². The van der Waals surface area contributed by atoms with Crippen molar-refractivity contribution in [1.82, 2.24) is 15.8 Å². The Morgan fingerprint density at radius 2 is 2.17 bits per heavy atom. The Labute approximate surface area is 137 Å². The van der Waals surface area contributed by atoms with Crippen LogP contribution in [-0.4, -0.2) is 21.4 Å². The zero-order chi connectivity index (χ0) is 16.2. The van der Waals surface area contributed by atoms with Crippen LogP contribution in [0.25, 0.3) is 0 Å². The third-order valence-corrected chi connectivity index (χ3v) is 3.35. The van der Waals surface area contributed by atoms with Crippen LogP contribution in [0.5, 0.6) is 0 Å². The van der Waals surface area contributed by atoms with Crippen molar-refractivity contribution < 1.29 is 18.6 Å². The summed E-state index contributed by atoms with van der Waals surface area (Å²) in [6.07, 6.45) is 2.93. The molecule has 0 aliphatic heterocycles. The Balaban J connectivity index is 1.93. The van der Waals surface area contributed by atoms with Crippen molar-refractivity contribution in [3.05, 3.63) is 52.8 Å². The first-order valence-electron chi connectivity index (χ1n) is 6.23. The molecule has 0 bridgehead atoms. The number of hydrogen-bond donors (Lipinski definition) is 3. The Bertz CT molecular complexity index is 834. The zero-order valence-corrected chi connectivity index (χ0v) is 12.9. The van der Waals surface area contributed by atoms with Crippen molar-refractivity contribution in [2.45, 2.75) is 0 Å². The fourth-order valence-electron chi connectivity index (χ4n) is 1.71. The lowest BCUT2D eigenvalue weighted by molar-refractivity contribution is 0.234. The molecule has 118 valence electrons. The lowest BCUT2D eigenvalue weighted by atomic mass is 10.3. The number of amidine groups is 1. The summed E-state index contributed by atoms with van der Waals surface area (Å²) in [4.78, 5) is 4.14. The van der Waals surface area contributed by atoms with Gasteiger partial charge in [-0.3, -0.25) is 10.7 Å². The smallest absolute Gasteiger partial charge is 0.206 e. The number of furan rings is 1. The van der Waals surface area contributed by atoms with E-state index in [2.05, 4.69) is 41.2 Å². The van der Waals surface area contributed by atoms with Gasteiger partial charge in [0, 0.05) is 0 Å². The maximum absolute atomic E-state index is 13.3. The quantitative estimate of drug-likeness (QED) is 0.361. The number of aromatic nitrogens is 2. The van der Waals surface area contributed by atoms with Crippen molar-refractivity contribution >= 4 is 39.0 Å². The minimum atomic E-state index is -0.423. The number of rotatable bonds is 4. The van der Waals surface area contributed by atoms with Gasteiger partial charge < -0.3 is 9.73 Å². The van der Waals surface area contributed by atoms with Crippen LogP contribution in [0.4, 0.5) is 21.6 Å². The summed E-state index contributed by atoms with van der Waals surface area (Å²) in [5.74, 6) is -0.239. The first kappa shape index (κ1) is 15.2. The fourth-order valence-corrected chi connectivity index (χ4v) is 2.08. The van der Waals surface area contributed by atoms with Gasteiger partial charge in [-0.05, 0) is 50.5 Å². The highest BCUT2D eigenvalue weighted by Gasteiger charge is 2.17. The van der Waals surface area contributed by atoms with E-state index >= 15 is 0 Å². The number of anilines is 2. The molecule has 8 nitrogen and oxygen atoms in total. The molecule has 0 atom stereocenters. The van der Waals surface area contributed by atoms with Gasteiger partial charge in [0.1, 0.15) is 12.1 Å². The SMILES string of the molecule is ONC(=Nc1ccc(F)c(Br)c1)c1nonc1Nc1ccoc1. The first-order chi connectivity index (χ1) is 11.2. The summed E-state index contributed by atoms with van der Waals surface area (Å²) in [7, 11) is 0. The third kappa shape index (κ3) is 3.38. The van der Waals surface area contributed by atoms with Gasteiger partial charge >= 0.3 is 0 Å². The van der Waals surface area contributed by atoms with Crippen molar-refractivity contribution in [2.24, 2.45) is 4.99 Å². The second-order valence-corrected chi connectivity index (χ2v) is 5.12. The topological polar surface area (TPSA) is 109 Å². The second kappa shape index (κ2) is 6.58. The molecule has 3 rings (SSSR count). The van der Waals surface area contributed by atoms with E-state index in [-0.39, 0.29) is 21.8 Å². The molecule has 0 unspecified atom stereocenters. The number of nitrogens with one attached hydrogen (secondary N) is 2. The summed E-state index contributed by atoms with van der Waals surface area (Å²) < 4.78 is 23.1. The molecule has 0 fully saturated rings. The van der Waals surface area contributed by atoms with Crippen LogP contribution in [0, 0.1) is 5.82 Å². The van der Waals surface area contributed by atoms with E-state index in [1.807, 2.05) is 5.48 Å². The molecule has 2 aromatic heterocycles. The Kier molecular flexibility index (Phi) is 4.35. The molecule has 0 saturated carbocycles. The van der Waals surface area contributed by atoms with Gasteiger partial charge in [-0.2, -0.15) is 0 Å². The maximum atomic E-state index is 13.3. The first-order valence-corrected chi connectivity index (χ1v) is 7.02. The Morgan fingerprint density at radius 3 is 2.87 bits per heavy atom. The van der Waals surface area contributed by atoms with Crippen LogP contribution < -0.4 is 10.8 Å². The van der Waals surface area contributed by atoms with Crippen LogP contribution in [-0.2, 0) is 0 Å². The number of benzene rings is 1. The van der Waals surface area contributed by atoms with Crippen molar-refractivity contribution in [3.8, 4) is 0 Å². The molecular formula is C13H9BrFN5O3. The molecule has 0 aliphatic rings. The minimum absolute atomic E-state index is 0.0317. The van der Waals surface area contributed by atoms with E-state index in [9.17, 15) is 9.60 Å². The molecule has 2 heterocycles. The minimum Gasteiger partial charge on any atom is -0.470 e. The van der Waals surface area contributed by atoms with E-state index in [4.69, 9.17) is 4.42 Å². The molecule has 0 aliphatic carbocycles. The third-order valence-electron chi connectivity index (χ3n) is 2.75. The van der Waals surface area contributed by atoms with Crippen LogP contribution in [0.3, 0.4) is 0 Å². The largest absolute Gasteiger partial charge is 0.470 e. The van der Waals surface area contributed by atoms with Gasteiger partial charge in [0.15, 0.2) is 11.5 Å². The molecule has 0 radical (unpaired) electrons. The van der Waals surface area contributed by atoms with E-state index in [0.717, 1.165) is 0 Å². The Hall–Kier alpha value is -2.72. The predicted octanol–water partition coefficient (Wildman–Crippen LogP) is 3.36. The van der Waals surface area contributed by atoms with Gasteiger partial charge in [0.25, 0.3) is 0 Å². The van der Waals surface area contributed by atoms with Crippen LogP contribution in [0.1, 0.15) is 5.69 Å². The average Bonchev–Trinajstić information content (AvgIpc) is 3.21. The van der Waals surface area contributed by atoms with Crippen molar-refractivity contribution in [2.75, 3.05) is 5.32 Å². The van der Waals surface area contributed by atoms with Crippen molar-refractivity contribution in [1.29, 1.82) is 0 Å². The Morgan fingerprint density at radius 1 is 1.30 bits per heavy atom. The van der Waals surface area contributed by atoms with Gasteiger partial charge in [0.2, 0.25) is 5.82 Å². The van der Waals surface area contributed by atoms with Gasteiger partial charge in [-0.15, -0.1) is 0 Å². The molecule has 3 N–H and O–H groups in total. The second-order valence-electron chi connectivity index (χ2n) is 4.27. The molecule has 3 aromatic rings. The summed E-state index contributed by atoms with van der Waals surface area (Å²) >= 11 is 3.06. The highest BCUT2D eigenvalue weighted by atomic mass is 79.9. The van der Waals surface area contributed by atoms with E-state index in [1.54, 1.807) is 6.07 Å². The molecule has 23 heavy (non-hydrogen) atoms. The lowest BCUT2D eigenvalue weighted by Gasteiger charge is -2.04. The summed E-state index contributed by atoms with van der Waals surface area (Å²) in [6.45, 7) is 0. The maximum Gasteiger partial charge on any atom is 0.206 e. The number of nitrogens with zero attached hydrogens (tertiary/aromatic N) is 3. The standard InChI is InChI=1S/C13H9BrFN5O3/c14-9-5-7(1-2-10(9)15)16-12(18-21)11-13(20-23-19-11)17-8-3-4-22-6-8/h1-6,21H,(H,16,18)(H,17,20). The lowest BCUT2D eigenvalue weighted by Crippen LogP contribution is -2.21. The number of hydroxylamine groups is 1. The molecular weight excluding hydrogens is 373 g/mol. The molecule has 1 aromatic carbocycles. The van der Waals surface area contributed by atoms with Crippen LogP contribution in [0.15, 0.2) is 55.3 Å². The van der Waals surface area contributed by atoms with E-state index in [1.165, 1.54) is 30.7 Å². The molecule has 0 spiro atoms. The normalized spacial score (nSPS) is 11.5. The summed E-state index contributed by atoms with van der Waals surface area (Å²) in [5, 5.41) is 19.6. The van der Waals surface area contributed by atoms with Gasteiger partial charge in [-0.1, -0.05) is 0 Å². The molecule has 10 heteroatoms. The monoisotopic (exact) mass is 381 g/mol.